The second kappa shape index (κ2) is 6.86. The summed E-state index contributed by atoms with van der Waals surface area (Å²) in [6, 6.07) is 8.22. The van der Waals surface area contributed by atoms with E-state index in [0.717, 1.165) is 28.8 Å². The molecule has 0 fully saturated rings. The van der Waals surface area contributed by atoms with Gasteiger partial charge in [-0.2, -0.15) is 0 Å². The number of rotatable bonds is 5. The van der Waals surface area contributed by atoms with Crippen LogP contribution in [0.3, 0.4) is 0 Å². The van der Waals surface area contributed by atoms with Gasteiger partial charge in [0.05, 0.1) is 6.20 Å². The quantitative estimate of drug-likeness (QED) is 0.890. The van der Waals surface area contributed by atoms with Gasteiger partial charge in [-0.1, -0.05) is 13.0 Å². The molecule has 1 atom stereocenters. The van der Waals surface area contributed by atoms with E-state index >= 15 is 0 Å². The molecular weight excluding hydrogens is 316 g/mol. The molecule has 2 rings (SSSR count). The summed E-state index contributed by atoms with van der Waals surface area (Å²) in [6.45, 7) is 4.20. The summed E-state index contributed by atoms with van der Waals surface area (Å²) in [4.78, 5) is 4.08. The first-order chi connectivity index (χ1) is 9.58. The van der Waals surface area contributed by atoms with E-state index in [0.29, 0.717) is 0 Å². The van der Waals surface area contributed by atoms with Crippen LogP contribution in [0, 0.1) is 6.92 Å². The van der Waals surface area contributed by atoms with E-state index in [1.54, 1.807) is 12.4 Å². The number of benzene rings is 1. The van der Waals surface area contributed by atoms with Crippen molar-refractivity contribution in [1.29, 1.82) is 0 Å². The lowest BCUT2D eigenvalue weighted by atomic mass is 10.00. The van der Waals surface area contributed by atoms with E-state index < -0.39 is 0 Å². The van der Waals surface area contributed by atoms with Crippen LogP contribution in [0.4, 0.5) is 0 Å². The maximum absolute atomic E-state index is 6.01. The van der Waals surface area contributed by atoms with E-state index in [1.165, 1.54) is 11.1 Å². The SMILES string of the molecule is CCC(N)Cc1ccc(Oc2cncc(Br)c2)cc1C. The van der Waals surface area contributed by atoms with Crippen LogP contribution in [-0.2, 0) is 6.42 Å². The molecule has 1 heterocycles. The molecule has 0 aliphatic carbocycles. The number of nitrogens with zero attached hydrogens (tertiary/aromatic N) is 1. The Balaban J connectivity index is 2.13. The molecule has 3 nitrogen and oxygen atoms in total. The van der Waals surface area contributed by atoms with Crippen molar-refractivity contribution in [3.63, 3.8) is 0 Å². The summed E-state index contributed by atoms with van der Waals surface area (Å²) < 4.78 is 6.70. The number of halogens is 1. The van der Waals surface area contributed by atoms with Crippen molar-refractivity contribution in [3.8, 4) is 11.5 Å². The molecular formula is C16H19BrN2O. The molecule has 0 aliphatic rings. The van der Waals surface area contributed by atoms with Gasteiger partial charge in [-0.05, 0) is 65.0 Å². The first-order valence-electron chi connectivity index (χ1n) is 6.72. The number of hydrogen-bond donors (Lipinski definition) is 1. The predicted octanol–water partition coefficient (Wildman–Crippen LogP) is 4.22. The highest BCUT2D eigenvalue weighted by Crippen LogP contribution is 2.25. The topological polar surface area (TPSA) is 48.1 Å². The van der Waals surface area contributed by atoms with Gasteiger partial charge >= 0.3 is 0 Å². The molecule has 4 heteroatoms. The Hall–Kier alpha value is -1.39. The average Bonchev–Trinajstić information content (AvgIpc) is 2.41. The van der Waals surface area contributed by atoms with Gasteiger partial charge in [-0.3, -0.25) is 4.98 Å². The van der Waals surface area contributed by atoms with Crippen LogP contribution in [-0.4, -0.2) is 11.0 Å². The number of aromatic nitrogens is 1. The van der Waals surface area contributed by atoms with Crippen LogP contribution < -0.4 is 10.5 Å². The minimum Gasteiger partial charge on any atom is -0.456 e. The van der Waals surface area contributed by atoms with E-state index in [2.05, 4.69) is 40.8 Å². The van der Waals surface area contributed by atoms with Gasteiger partial charge in [0.25, 0.3) is 0 Å². The summed E-state index contributed by atoms with van der Waals surface area (Å²) in [6.07, 6.45) is 5.32. The molecule has 106 valence electrons. The molecule has 0 amide bonds. The molecule has 2 aromatic rings. The fourth-order valence-electron chi connectivity index (χ4n) is 1.97. The fraction of sp³-hybridized carbons (Fsp3) is 0.312. The average molecular weight is 335 g/mol. The van der Waals surface area contributed by atoms with Gasteiger partial charge in [-0.15, -0.1) is 0 Å². The number of hydrogen-bond acceptors (Lipinski definition) is 3. The Bertz CT molecular complexity index is 586. The van der Waals surface area contributed by atoms with E-state index in [-0.39, 0.29) is 6.04 Å². The summed E-state index contributed by atoms with van der Waals surface area (Å²) in [5.74, 6) is 1.54. The monoisotopic (exact) mass is 334 g/mol. The first kappa shape index (κ1) is 15.0. The van der Waals surface area contributed by atoms with Crippen LogP contribution >= 0.6 is 15.9 Å². The van der Waals surface area contributed by atoms with E-state index in [9.17, 15) is 0 Å². The first-order valence-corrected chi connectivity index (χ1v) is 7.51. The predicted molar refractivity (Wildman–Crippen MR) is 85.2 cm³/mol. The van der Waals surface area contributed by atoms with Crippen molar-refractivity contribution >= 4 is 15.9 Å². The van der Waals surface area contributed by atoms with Gasteiger partial charge in [-0.25, -0.2) is 0 Å². The second-order valence-corrected chi connectivity index (χ2v) is 5.82. The molecule has 0 saturated carbocycles. The number of ether oxygens (including phenoxy) is 1. The van der Waals surface area contributed by atoms with Gasteiger partial charge in [0.2, 0.25) is 0 Å². The molecule has 0 spiro atoms. The van der Waals surface area contributed by atoms with E-state index in [1.807, 2.05) is 18.2 Å². The summed E-state index contributed by atoms with van der Waals surface area (Å²) in [5, 5.41) is 0. The van der Waals surface area contributed by atoms with Crippen molar-refractivity contribution in [2.45, 2.75) is 32.7 Å². The maximum atomic E-state index is 6.01. The number of pyridine rings is 1. The smallest absolute Gasteiger partial charge is 0.146 e. The third-order valence-corrected chi connectivity index (χ3v) is 3.67. The van der Waals surface area contributed by atoms with Gasteiger partial charge in [0, 0.05) is 16.7 Å². The van der Waals surface area contributed by atoms with Crippen molar-refractivity contribution in [1.82, 2.24) is 4.98 Å². The lowest BCUT2D eigenvalue weighted by Gasteiger charge is -2.13. The molecule has 0 bridgehead atoms. The van der Waals surface area contributed by atoms with Gasteiger partial charge in [0.1, 0.15) is 11.5 Å². The highest BCUT2D eigenvalue weighted by atomic mass is 79.9. The highest BCUT2D eigenvalue weighted by Gasteiger charge is 2.06. The second-order valence-electron chi connectivity index (χ2n) is 4.90. The zero-order valence-corrected chi connectivity index (χ0v) is 13.4. The standard InChI is InChI=1S/C16H19BrN2O/c1-3-14(18)7-12-4-5-15(6-11(12)2)20-16-8-13(17)9-19-10-16/h4-6,8-10,14H,3,7,18H2,1-2H3. The van der Waals surface area contributed by atoms with Crippen molar-refractivity contribution < 1.29 is 4.74 Å². The van der Waals surface area contributed by atoms with Crippen LogP contribution in [0.5, 0.6) is 11.5 Å². The molecule has 20 heavy (non-hydrogen) atoms. The zero-order valence-electron chi connectivity index (χ0n) is 11.8. The number of aryl methyl sites for hydroxylation is 1. The minimum absolute atomic E-state index is 0.217. The van der Waals surface area contributed by atoms with Crippen molar-refractivity contribution in [2.24, 2.45) is 5.73 Å². The van der Waals surface area contributed by atoms with E-state index in [4.69, 9.17) is 10.5 Å². The molecule has 0 saturated heterocycles. The Morgan fingerprint density at radius 3 is 2.70 bits per heavy atom. The normalized spacial score (nSPS) is 12.2. The molecule has 1 aromatic heterocycles. The zero-order chi connectivity index (χ0) is 14.5. The minimum atomic E-state index is 0.217. The Kier molecular flexibility index (Phi) is 5.15. The highest BCUT2D eigenvalue weighted by molar-refractivity contribution is 9.10. The van der Waals surface area contributed by atoms with Crippen LogP contribution in [0.2, 0.25) is 0 Å². The lowest BCUT2D eigenvalue weighted by molar-refractivity contribution is 0.479. The molecule has 1 aromatic carbocycles. The summed E-state index contributed by atoms with van der Waals surface area (Å²) >= 11 is 3.38. The lowest BCUT2D eigenvalue weighted by Crippen LogP contribution is -2.21. The van der Waals surface area contributed by atoms with Crippen molar-refractivity contribution in [2.75, 3.05) is 0 Å². The van der Waals surface area contributed by atoms with Gasteiger partial charge < -0.3 is 10.5 Å². The van der Waals surface area contributed by atoms with Crippen molar-refractivity contribution in [3.05, 3.63) is 52.3 Å². The fourth-order valence-corrected chi connectivity index (χ4v) is 2.32. The Labute approximate surface area is 128 Å². The summed E-state index contributed by atoms with van der Waals surface area (Å²) in [5.41, 5.74) is 8.49. The Morgan fingerprint density at radius 1 is 1.25 bits per heavy atom. The molecule has 0 aliphatic heterocycles. The van der Waals surface area contributed by atoms with Crippen LogP contribution in [0.1, 0.15) is 24.5 Å². The molecule has 2 N–H and O–H groups in total. The largest absolute Gasteiger partial charge is 0.456 e. The molecule has 1 unspecified atom stereocenters. The van der Waals surface area contributed by atoms with Crippen LogP contribution in [0.15, 0.2) is 41.1 Å². The molecule has 0 radical (unpaired) electrons. The third kappa shape index (κ3) is 4.05. The Morgan fingerprint density at radius 2 is 2.05 bits per heavy atom. The van der Waals surface area contributed by atoms with Gasteiger partial charge in [0.15, 0.2) is 0 Å². The summed E-state index contributed by atoms with van der Waals surface area (Å²) in [7, 11) is 0. The maximum Gasteiger partial charge on any atom is 0.146 e. The third-order valence-electron chi connectivity index (χ3n) is 3.24. The van der Waals surface area contributed by atoms with Crippen LogP contribution in [0.25, 0.3) is 0 Å². The number of nitrogens with two attached hydrogens (primary N) is 1.